The van der Waals surface area contributed by atoms with Crippen molar-refractivity contribution < 1.29 is 19.1 Å². The van der Waals surface area contributed by atoms with E-state index in [-0.39, 0.29) is 23.0 Å². The van der Waals surface area contributed by atoms with E-state index in [0.717, 1.165) is 0 Å². The molecule has 0 aliphatic heterocycles. The Bertz CT molecular complexity index is 767. The van der Waals surface area contributed by atoms with Gasteiger partial charge in [-0.05, 0) is 25.1 Å². The highest BCUT2D eigenvalue weighted by Gasteiger charge is 2.23. The molecule has 2 heterocycles. The average molecular weight is 350 g/mol. The molecule has 0 unspecified atom stereocenters. The van der Waals surface area contributed by atoms with Crippen LogP contribution >= 0.6 is 11.6 Å². The normalized spacial score (nSPS) is 10.2. The molecule has 0 aromatic carbocycles. The largest absolute Gasteiger partial charge is 0.480 e. The van der Waals surface area contributed by atoms with Crippen molar-refractivity contribution in [2.75, 3.05) is 25.7 Å². The van der Waals surface area contributed by atoms with E-state index in [9.17, 15) is 9.59 Å². The molecule has 0 saturated carbocycles. The highest BCUT2D eigenvalue weighted by atomic mass is 35.5. The van der Waals surface area contributed by atoms with Crippen molar-refractivity contribution in [2.24, 2.45) is 0 Å². The van der Waals surface area contributed by atoms with Crippen molar-refractivity contribution in [2.45, 2.75) is 6.92 Å². The Kier molecular flexibility index (Phi) is 5.70. The van der Waals surface area contributed by atoms with E-state index in [1.54, 1.807) is 25.1 Å². The zero-order chi connectivity index (χ0) is 17.7. The topological polar surface area (TPSA) is 81.6 Å². The Morgan fingerprint density at radius 1 is 1.29 bits per heavy atom. The molecular weight excluding hydrogens is 334 g/mol. The molecule has 2 rings (SSSR count). The van der Waals surface area contributed by atoms with E-state index >= 15 is 0 Å². The first-order valence-corrected chi connectivity index (χ1v) is 7.36. The van der Waals surface area contributed by atoms with E-state index in [0.29, 0.717) is 11.5 Å². The maximum absolute atomic E-state index is 12.8. The summed E-state index contributed by atoms with van der Waals surface area (Å²) in [5, 5.41) is 0.193. The number of rotatable bonds is 5. The van der Waals surface area contributed by atoms with Gasteiger partial charge >= 0.3 is 5.97 Å². The van der Waals surface area contributed by atoms with Crippen LogP contribution in [0.1, 0.15) is 16.1 Å². The Morgan fingerprint density at radius 3 is 2.62 bits per heavy atom. The van der Waals surface area contributed by atoms with Gasteiger partial charge in [0.1, 0.15) is 17.4 Å². The fourth-order valence-corrected chi connectivity index (χ4v) is 2.22. The summed E-state index contributed by atoms with van der Waals surface area (Å²) in [5.41, 5.74) is 0.911. The van der Waals surface area contributed by atoms with Gasteiger partial charge < -0.3 is 9.47 Å². The summed E-state index contributed by atoms with van der Waals surface area (Å²) >= 11 is 6.02. The van der Waals surface area contributed by atoms with E-state index in [1.807, 2.05) is 0 Å². The van der Waals surface area contributed by atoms with Gasteiger partial charge in [0.2, 0.25) is 5.88 Å². The third-order valence-corrected chi connectivity index (χ3v) is 3.43. The van der Waals surface area contributed by atoms with Crippen LogP contribution in [0.2, 0.25) is 5.02 Å². The predicted octanol–water partition coefficient (Wildman–Crippen LogP) is 2.27. The maximum Gasteiger partial charge on any atom is 0.325 e. The molecule has 7 nitrogen and oxygen atoms in total. The summed E-state index contributed by atoms with van der Waals surface area (Å²) in [7, 11) is 2.68. The van der Waals surface area contributed by atoms with Crippen molar-refractivity contribution >= 4 is 29.3 Å². The summed E-state index contributed by atoms with van der Waals surface area (Å²) in [5.74, 6) is -0.506. The average Bonchev–Trinajstić information content (AvgIpc) is 2.58. The third-order valence-electron chi connectivity index (χ3n) is 3.16. The number of amides is 1. The van der Waals surface area contributed by atoms with Gasteiger partial charge in [-0.1, -0.05) is 17.7 Å². The summed E-state index contributed by atoms with van der Waals surface area (Å²) in [4.78, 5) is 33.9. The molecule has 0 aliphatic carbocycles. The lowest BCUT2D eigenvalue weighted by Gasteiger charge is -2.21. The Morgan fingerprint density at radius 2 is 2.04 bits per heavy atom. The molecule has 2 aromatic heterocycles. The van der Waals surface area contributed by atoms with Gasteiger partial charge in [0, 0.05) is 11.9 Å². The number of esters is 1. The van der Waals surface area contributed by atoms with Gasteiger partial charge in [0.25, 0.3) is 5.91 Å². The number of ether oxygens (including phenoxy) is 2. The minimum absolute atomic E-state index is 0.193. The molecule has 0 atom stereocenters. The van der Waals surface area contributed by atoms with E-state index in [1.165, 1.54) is 31.4 Å². The highest BCUT2D eigenvalue weighted by molar-refractivity contribution is 6.32. The predicted molar refractivity (Wildman–Crippen MR) is 88.5 cm³/mol. The fraction of sp³-hybridized carbons (Fsp3) is 0.250. The Hall–Kier alpha value is -2.67. The van der Waals surface area contributed by atoms with Crippen molar-refractivity contribution in [1.82, 2.24) is 9.97 Å². The van der Waals surface area contributed by atoms with Gasteiger partial charge in [-0.15, -0.1) is 0 Å². The number of pyridine rings is 2. The van der Waals surface area contributed by atoms with Gasteiger partial charge in [0.15, 0.2) is 0 Å². The molecule has 24 heavy (non-hydrogen) atoms. The first kappa shape index (κ1) is 17.7. The standard InChI is InChI=1S/C16H16ClN3O4/c1-10-5-4-6-13(19-10)20(9-14(21)23-2)16(22)11-7-12(17)15(24-3)18-8-11/h4-8H,9H2,1-3H3. The van der Waals surface area contributed by atoms with Crippen molar-refractivity contribution in [3.05, 3.63) is 46.7 Å². The summed E-state index contributed by atoms with van der Waals surface area (Å²) in [6, 6.07) is 6.59. The minimum Gasteiger partial charge on any atom is -0.480 e. The first-order chi connectivity index (χ1) is 11.5. The second-order valence-corrected chi connectivity index (χ2v) is 5.23. The third kappa shape index (κ3) is 3.99. The number of carbonyl (C=O) groups excluding carboxylic acids is 2. The fourth-order valence-electron chi connectivity index (χ4n) is 1.98. The molecular formula is C16H16ClN3O4. The second-order valence-electron chi connectivity index (χ2n) is 4.82. The lowest BCUT2D eigenvalue weighted by molar-refractivity contribution is -0.138. The van der Waals surface area contributed by atoms with Gasteiger partial charge in [-0.3, -0.25) is 14.5 Å². The lowest BCUT2D eigenvalue weighted by Crippen LogP contribution is -2.37. The summed E-state index contributed by atoms with van der Waals surface area (Å²) < 4.78 is 9.62. The van der Waals surface area contributed by atoms with Crippen LogP contribution < -0.4 is 9.64 Å². The quantitative estimate of drug-likeness (QED) is 0.770. The van der Waals surface area contributed by atoms with Crippen molar-refractivity contribution in [1.29, 1.82) is 0 Å². The molecule has 0 aliphatic rings. The lowest BCUT2D eigenvalue weighted by atomic mass is 10.2. The molecule has 0 spiro atoms. The maximum atomic E-state index is 12.8. The number of nitrogens with zero attached hydrogens (tertiary/aromatic N) is 3. The molecule has 1 amide bonds. The van der Waals surface area contributed by atoms with E-state index in [2.05, 4.69) is 14.7 Å². The molecule has 0 radical (unpaired) electrons. The van der Waals surface area contributed by atoms with Crippen LogP contribution in [0.4, 0.5) is 5.82 Å². The monoisotopic (exact) mass is 349 g/mol. The number of hydrogen-bond acceptors (Lipinski definition) is 6. The Balaban J connectivity index is 2.40. The van der Waals surface area contributed by atoms with Crippen molar-refractivity contribution in [3.8, 4) is 5.88 Å². The second kappa shape index (κ2) is 7.74. The molecule has 8 heteroatoms. The summed E-state index contributed by atoms with van der Waals surface area (Å²) in [6.45, 7) is 1.51. The Labute approximate surface area is 144 Å². The van der Waals surface area contributed by atoms with Crippen LogP contribution in [0.15, 0.2) is 30.5 Å². The molecule has 0 fully saturated rings. The molecule has 0 bridgehead atoms. The smallest absolute Gasteiger partial charge is 0.325 e. The summed E-state index contributed by atoms with van der Waals surface area (Å²) in [6.07, 6.45) is 1.33. The van der Waals surface area contributed by atoms with Crippen LogP contribution in [0.25, 0.3) is 0 Å². The SMILES string of the molecule is COC(=O)CN(C(=O)c1cnc(OC)c(Cl)c1)c1cccc(C)n1. The van der Waals surface area contributed by atoms with Crippen LogP contribution in [-0.4, -0.2) is 42.6 Å². The zero-order valence-electron chi connectivity index (χ0n) is 13.4. The number of anilines is 1. The van der Waals surface area contributed by atoms with Gasteiger partial charge in [-0.2, -0.15) is 0 Å². The highest BCUT2D eigenvalue weighted by Crippen LogP contribution is 2.23. The van der Waals surface area contributed by atoms with Gasteiger partial charge in [0.05, 0.1) is 19.8 Å². The molecule has 126 valence electrons. The van der Waals surface area contributed by atoms with Gasteiger partial charge in [-0.25, -0.2) is 9.97 Å². The number of aromatic nitrogens is 2. The minimum atomic E-state index is -0.570. The number of aryl methyl sites for hydroxylation is 1. The number of carbonyl (C=O) groups is 2. The number of methoxy groups -OCH3 is 2. The number of hydrogen-bond donors (Lipinski definition) is 0. The molecule has 0 N–H and O–H groups in total. The first-order valence-electron chi connectivity index (χ1n) is 6.98. The van der Waals surface area contributed by atoms with Crippen LogP contribution in [0, 0.1) is 6.92 Å². The van der Waals surface area contributed by atoms with Crippen molar-refractivity contribution in [3.63, 3.8) is 0 Å². The van der Waals surface area contributed by atoms with E-state index in [4.69, 9.17) is 16.3 Å². The van der Waals surface area contributed by atoms with Crippen LogP contribution in [-0.2, 0) is 9.53 Å². The molecule has 0 saturated heterocycles. The number of halogens is 1. The van der Waals surface area contributed by atoms with E-state index < -0.39 is 11.9 Å². The van der Waals surface area contributed by atoms with Crippen LogP contribution in [0.5, 0.6) is 5.88 Å². The molecule has 2 aromatic rings. The zero-order valence-corrected chi connectivity index (χ0v) is 14.2. The van der Waals surface area contributed by atoms with Crippen LogP contribution in [0.3, 0.4) is 0 Å².